The Bertz CT molecular complexity index is 1250. The lowest BCUT2D eigenvalue weighted by atomic mass is 9.95. The van der Waals surface area contributed by atoms with Crippen molar-refractivity contribution in [2.45, 2.75) is 19.9 Å². The maximum absolute atomic E-state index is 13.3. The van der Waals surface area contributed by atoms with E-state index in [1.54, 1.807) is 61.8 Å². The number of hydrogen-bond acceptors (Lipinski definition) is 6. The molecule has 0 saturated carbocycles. The van der Waals surface area contributed by atoms with Crippen LogP contribution in [-0.2, 0) is 9.59 Å². The summed E-state index contributed by atoms with van der Waals surface area (Å²) in [6, 6.07) is 14.8. The molecule has 0 radical (unpaired) electrons. The number of rotatable bonds is 5. The highest BCUT2D eigenvalue weighted by Gasteiger charge is 2.47. The predicted molar refractivity (Wildman–Crippen MR) is 124 cm³/mol. The van der Waals surface area contributed by atoms with E-state index in [1.165, 1.54) is 12.0 Å². The Kier molecular flexibility index (Phi) is 5.87. The van der Waals surface area contributed by atoms with Crippen LogP contribution in [-0.4, -0.2) is 36.0 Å². The normalized spacial score (nSPS) is 17.3. The van der Waals surface area contributed by atoms with Crippen LogP contribution in [0.3, 0.4) is 0 Å². The van der Waals surface area contributed by atoms with Crippen molar-refractivity contribution < 1.29 is 24.2 Å². The maximum atomic E-state index is 13.3. The van der Waals surface area contributed by atoms with Crippen molar-refractivity contribution in [3.8, 4) is 11.5 Å². The molecule has 7 nitrogen and oxygen atoms in total. The van der Waals surface area contributed by atoms with E-state index in [9.17, 15) is 14.7 Å². The fraction of sp³-hybridized carbons (Fsp3) is 0.192. The monoisotopic (exact) mass is 444 g/mol. The summed E-state index contributed by atoms with van der Waals surface area (Å²) in [6.45, 7) is 3.74. The average molecular weight is 444 g/mol. The molecule has 33 heavy (non-hydrogen) atoms. The van der Waals surface area contributed by atoms with Crippen molar-refractivity contribution in [1.29, 1.82) is 0 Å². The third kappa shape index (κ3) is 3.82. The van der Waals surface area contributed by atoms with Gasteiger partial charge in [0.25, 0.3) is 11.7 Å². The summed E-state index contributed by atoms with van der Waals surface area (Å²) >= 11 is 0. The topological polar surface area (TPSA) is 89.0 Å². The van der Waals surface area contributed by atoms with Gasteiger partial charge < -0.3 is 14.6 Å². The average Bonchev–Trinajstić information content (AvgIpc) is 3.09. The van der Waals surface area contributed by atoms with Gasteiger partial charge in [0.05, 0.1) is 31.1 Å². The Labute approximate surface area is 191 Å². The lowest BCUT2D eigenvalue weighted by Gasteiger charge is -2.25. The van der Waals surface area contributed by atoms with E-state index >= 15 is 0 Å². The minimum Gasteiger partial charge on any atom is -0.507 e. The molecule has 1 N–H and O–H groups in total. The van der Waals surface area contributed by atoms with Gasteiger partial charge in [0, 0.05) is 11.9 Å². The van der Waals surface area contributed by atoms with E-state index in [4.69, 9.17) is 9.47 Å². The quantitative estimate of drug-likeness (QED) is 0.358. The molecule has 1 amide bonds. The fourth-order valence-electron chi connectivity index (χ4n) is 4.21. The smallest absolute Gasteiger partial charge is 0.300 e. The molecule has 3 aromatic rings. The minimum atomic E-state index is -0.912. The molecule has 1 aliphatic heterocycles. The lowest BCUT2D eigenvalue weighted by Crippen LogP contribution is -2.29. The summed E-state index contributed by atoms with van der Waals surface area (Å²) in [7, 11) is 3.05. The van der Waals surface area contributed by atoms with Crippen molar-refractivity contribution in [3.63, 3.8) is 0 Å². The van der Waals surface area contributed by atoms with Gasteiger partial charge in [-0.25, -0.2) is 0 Å². The van der Waals surface area contributed by atoms with Crippen LogP contribution in [0, 0.1) is 13.8 Å². The Morgan fingerprint density at radius 2 is 1.73 bits per heavy atom. The van der Waals surface area contributed by atoms with Crippen LogP contribution in [0.25, 0.3) is 5.76 Å². The SMILES string of the molecule is COc1ccc(N2C(=O)C(=O)/C(=C(/O)c3cc(C)cc(C)c3OC)C2c2ccccn2)cc1. The molecule has 1 aromatic heterocycles. The molecule has 4 rings (SSSR count). The molecule has 1 fully saturated rings. The molecular formula is C26H24N2O5. The highest BCUT2D eigenvalue weighted by atomic mass is 16.5. The molecule has 1 aliphatic rings. The number of anilines is 1. The highest BCUT2D eigenvalue weighted by molar-refractivity contribution is 6.51. The third-order valence-electron chi connectivity index (χ3n) is 5.64. The summed E-state index contributed by atoms with van der Waals surface area (Å²) in [5.41, 5.74) is 2.94. The summed E-state index contributed by atoms with van der Waals surface area (Å²) in [4.78, 5) is 32.2. The zero-order valence-corrected chi connectivity index (χ0v) is 18.8. The standard InChI is InChI=1S/C26H24N2O5/c1-15-13-16(2)25(33-4)19(14-15)23(29)21-22(20-7-5-6-12-27-20)28(26(31)24(21)30)17-8-10-18(32-3)11-9-17/h5-14,22,29H,1-4H3/b23-21+. The first-order valence-electron chi connectivity index (χ1n) is 10.4. The Morgan fingerprint density at radius 3 is 2.33 bits per heavy atom. The molecule has 1 atom stereocenters. The Morgan fingerprint density at radius 1 is 1.00 bits per heavy atom. The van der Waals surface area contributed by atoms with E-state index in [0.717, 1.165) is 11.1 Å². The summed E-state index contributed by atoms with van der Waals surface area (Å²) in [5, 5.41) is 11.4. The van der Waals surface area contributed by atoms with Gasteiger partial charge in [0.1, 0.15) is 23.3 Å². The number of methoxy groups -OCH3 is 2. The molecular weight excluding hydrogens is 420 g/mol. The number of Topliss-reactive ketones (excluding diaryl/α,β-unsaturated/α-hetero) is 1. The molecule has 0 spiro atoms. The van der Waals surface area contributed by atoms with Crippen LogP contribution >= 0.6 is 0 Å². The van der Waals surface area contributed by atoms with Gasteiger partial charge in [-0.05, 0) is 67.4 Å². The number of aromatic nitrogens is 1. The second-order valence-corrected chi connectivity index (χ2v) is 7.78. The second kappa shape index (κ2) is 8.78. The summed E-state index contributed by atoms with van der Waals surface area (Å²) < 4.78 is 10.7. The van der Waals surface area contributed by atoms with E-state index in [-0.39, 0.29) is 11.3 Å². The number of carbonyl (C=O) groups excluding carboxylic acids is 2. The van der Waals surface area contributed by atoms with Crippen molar-refractivity contribution in [1.82, 2.24) is 4.98 Å². The van der Waals surface area contributed by atoms with Crippen molar-refractivity contribution in [2.24, 2.45) is 0 Å². The van der Waals surface area contributed by atoms with Gasteiger partial charge >= 0.3 is 0 Å². The molecule has 1 saturated heterocycles. The number of nitrogens with zero attached hydrogens (tertiary/aromatic N) is 2. The van der Waals surface area contributed by atoms with E-state index in [2.05, 4.69) is 4.98 Å². The van der Waals surface area contributed by atoms with E-state index in [0.29, 0.717) is 28.4 Å². The number of hydrogen-bond donors (Lipinski definition) is 1. The van der Waals surface area contributed by atoms with Crippen LogP contribution in [0.2, 0.25) is 0 Å². The third-order valence-corrected chi connectivity index (χ3v) is 5.64. The van der Waals surface area contributed by atoms with Gasteiger partial charge in [-0.15, -0.1) is 0 Å². The van der Waals surface area contributed by atoms with Gasteiger partial charge in [0.15, 0.2) is 0 Å². The fourth-order valence-corrected chi connectivity index (χ4v) is 4.21. The lowest BCUT2D eigenvalue weighted by molar-refractivity contribution is -0.132. The van der Waals surface area contributed by atoms with E-state index < -0.39 is 17.7 Å². The number of amides is 1. The summed E-state index contributed by atoms with van der Waals surface area (Å²) in [5.74, 6) is -0.789. The van der Waals surface area contributed by atoms with Gasteiger partial charge in [-0.2, -0.15) is 0 Å². The number of aryl methyl sites for hydroxylation is 2. The number of pyridine rings is 1. The molecule has 7 heteroatoms. The van der Waals surface area contributed by atoms with Gasteiger partial charge in [0.2, 0.25) is 0 Å². The molecule has 2 heterocycles. The zero-order chi connectivity index (χ0) is 23.7. The van der Waals surface area contributed by atoms with Crippen LogP contribution in [0.1, 0.15) is 28.4 Å². The van der Waals surface area contributed by atoms with Gasteiger partial charge in [-0.3, -0.25) is 19.5 Å². The number of carbonyl (C=O) groups is 2. The summed E-state index contributed by atoms with van der Waals surface area (Å²) in [6.07, 6.45) is 1.58. The predicted octanol–water partition coefficient (Wildman–Crippen LogP) is 4.34. The van der Waals surface area contributed by atoms with E-state index in [1.807, 2.05) is 19.9 Å². The second-order valence-electron chi connectivity index (χ2n) is 7.78. The number of benzene rings is 2. The Balaban J connectivity index is 1.97. The first-order valence-corrected chi connectivity index (χ1v) is 10.4. The number of aliphatic hydroxyl groups is 1. The van der Waals surface area contributed by atoms with Gasteiger partial charge in [-0.1, -0.05) is 12.1 Å². The van der Waals surface area contributed by atoms with Crippen LogP contribution < -0.4 is 14.4 Å². The molecule has 1 unspecified atom stereocenters. The van der Waals surface area contributed by atoms with Crippen LogP contribution in [0.4, 0.5) is 5.69 Å². The van der Waals surface area contributed by atoms with Crippen molar-refractivity contribution in [3.05, 3.63) is 88.8 Å². The van der Waals surface area contributed by atoms with Crippen LogP contribution in [0.5, 0.6) is 11.5 Å². The molecule has 2 aromatic carbocycles. The van der Waals surface area contributed by atoms with Crippen molar-refractivity contribution in [2.75, 3.05) is 19.1 Å². The highest BCUT2D eigenvalue weighted by Crippen LogP contribution is 2.43. The maximum Gasteiger partial charge on any atom is 0.300 e. The number of ether oxygens (including phenoxy) is 2. The van der Waals surface area contributed by atoms with Crippen molar-refractivity contribution >= 4 is 23.1 Å². The molecule has 0 bridgehead atoms. The largest absolute Gasteiger partial charge is 0.507 e. The first kappa shape index (κ1) is 22.1. The Hall–Kier alpha value is -4.13. The minimum absolute atomic E-state index is 0.0437. The number of ketones is 1. The number of aliphatic hydroxyl groups excluding tert-OH is 1. The zero-order valence-electron chi connectivity index (χ0n) is 18.8. The molecule has 168 valence electrons. The van der Waals surface area contributed by atoms with Crippen LogP contribution in [0.15, 0.2) is 66.4 Å². The molecule has 0 aliphatic carbocycles. The first-order chi connectivity index (χ1) is 15.9.